The molecule has 0 aliphatic heterocycles. The maximum absolute atomic E-state index is 12.4. The third-order valence-corrected chi connectivity index (χ3v) is 4.24. The molecule has 4 nitrogen and oxygen atoms in total. The fourth-order valence-corrected chi connectivity index (χ4v) is 2.98. The van der Waals surface area contributed by atoms with E-state index in [0.29, 0.717) is 5.92 Å². The van der Waals surface area contributed by atoms with Crippen molar-refractivity contribution in [2.45, 2.75) is 44.2 Å². The minimum atomic E-state index is -0.577. The van der Waals surface area contributed by atoms with Gasteiger partial charge in [0.25, 0.3) is 0 Å². The van der Waals surface area contributed by atoms with Crippen LogP contribution in [0.15, 0.2) is 12.2 Å². The normalized spacial score (nSPS) is 34.7. The Bertz CT molecular complexity index is 364. The zero-order valence-corrected chi connectivity index (χ0v) is 11.4. The number of carbonyl (C=O) groups excluding carboxylic acids is 1. The lowest BCUT2D eigenvalue weighted by Crippen LogP contribution is -2.57. The first kappa shape index (κ1) is 13.6. The summed E-state index contributed by atoms with van der Waals surface area (Å²) in [6.45, 7) is 3.58. The molecule has 0 spiro atoms. The van der Waals surface area contributed by atoms with Crippen LogP contribution in [-0.4, -0.2) is 35.9 Å². The summed E-state index contributed by atoms with van der Waals surface area (Å²) < 4.78 is 5.64. The van der Waals surface area contributed by atoms with Crippen molar-refractivity contribution in [2.75, 3.05) is 13.7 Å². The predicted molar refractivity (Wildman–Crippen MR) is 69.0 cm³/mol. The minimum absolute atomic E-state index is 0.00931. The number of hydrogen-bond donors (Lipinski definition) is 2. The molecule has 102 valence electrons. The summed E-state index contributed by atoms with van der Waals surface area (Å²) >= 11 is 0. The Labute approximate surface area is 108 Å². The lowest BCUT2D eigenvalue weighted by Gasteiger charge is -2.47. The average Bonchev–Trinajstić information content (AvgIpc) is 2.39. The first-order chi connectivity index (χ1) is 8.42. The smallest absolute Gasteiger partial charge is 0.226 e. The number of aliphatic hydroxyl groups excluding tert-OH is 1. The quantitative estimate of drug-likeness (QED) is 0.741. The van der Waals surface area contributed by atoms with Gasteiger partial charge < -0.3 is 15.2 Å². The summed E-state index contributed by atoms with van der Waals surface area (Å²) in [7, 11) is 1.67. The van der Waals surface area contributed by atoms with Gasteiger partial charge in [-0.25, -0.2) is 0 Å². The van der Waals surface area contributed by atoms with Crippen molar-refractivity contribution in [2.24, 2.45) is 11.8 Å². The molecule has 0 aromatic rings. The number of rotatable bonds is 4. The lowest BCUT2D eigenvalue weighted by molar-refractivity contribution is -0.142. The van der Waals surface area contributed by atoms with Crippen LogP contribution in [0.5, 0.6) is 0 Å². The topological polar surface area (TPSA) is 58.6 Å². The van der Waals surface area contributed by atoms with Crippen molar-refractivity contribution in [3.05, 3.63) is 12.2 Å². The number of methoxy groups -OCH3 is 1. The Kier molecular flexibility index (Phi) is 3.52. The number of allylic oxidation sites excluding steroid dienone is 1. The molecule has 18 heavy (non-hydrogen) atoms. The molecular formula is C14H23NO3. The fourth-order valence-electron chi connectivity index (χ4n) is 2.98. The summed E-state index contributed by atoms with van der Waals surface area (Å²) in [5, 5.41) is 12.2. The van der Waals surface area contributed by atoms with Crippen molar-refractivity contribution < 1.29 is 14.6 Å². The maximum atomic E-state index is 12.4. The molecule has 1 saturated carbocycles. The highest BCUT2D eigenvalue weighted by atomic mass is 16.5. The Morgan fingerprint density at radius 2 is 2.33 bits per heavy atom. The maximum Gasteiger partial charge on any atom is 0.226 e. The second-order valence-electron chi connectivity index (χ2n) is 6.14. The van der Waals surface area contributed by atoms with E-state index in [-0.39, 0.29) is 18.4 Å². The molecular weight excluding hydrogens is 230 g/mol. The molecule has 3 atom stereocenters. The van der Waals surface area contributed by atoms with Crippen molar-refractivity contribution in [3.8, 4) is 0 Å². The van der Waals surface area contributed by atoms with Crippen molar-refractivity contribution in [1.82, 2.24) is 5.32 Å². The molecule has 0 saturated heterocycles. The first-order valence-electron chi connectivity index (χ1n) is 6.60. The average molecular weight is 253 g/mol. The van der Waals surface area contributed by atoms with E-state index in [1.807, 2.05) is 13.8 Å². The van der Waals surface area contributed by atoms with Crippen LogP contribution in [0.1, 0.15) is 33.1 Å². The molecule has 0 aromatic heterocycles. The first-order valence-corrected chi connectivity index (χ1v) is 6.60. The molecule has 0 aromatic carbocycles. The predicted octanol–water partition coefficient (Wildman–Crippen LogP) is 1.24. The Hall–Kier alpha value is -0.870. The molecule has 1 unspecified atom stereocenters. The van der Waals surface area contributed by atoms with Gasteiger partial charge in [0.1, 0.15) is 0 Å². The zero-order chi connectivity index (χ0) is 13.4. The SMILES string of the molecule is CO[C@@]12C=C[C@@H](CC1)CC2C(=O)NC(C)(C)CO. The molecule has 0 radical (unpaired) electrons. The van der Waals surface area contributed by atoms with Gasteiger partial charge in [0.2, 0.25) is 5.91 Å². The highest BCUT2D eigenvalue weighted by Crippen LogP contribution is 2.45. The van der Waals surface area contributed by atoms with E-state index in [9.17, 15) is 9.90 Å². The van der Waals surface area contributed by atoms with Crippen LogP contribution in [0.25, 0.3) is 0 Å². The largest absolute Gasteiger partial charge is 0.394 e. The third-order valence-electron chi connectivity index (χ3n) is 4.24. The molecule has 3 rings (SSSR count). The van der Waals surface area contributed by atoms with Crippen LogP contribution < -0.4 is 5.32 Å². The summed E-state index contributed by atoms with van der Waals surface area (Å²) in [6, 6.07) is 0. The second kappa shape index (κ2) is 4.67. The van der Waals surface area contributed by atoms with E-state index < -0.39 is 11.1 Å². The number of ether oxygens (including phenoxy) is 1. The van der Waals surface area contributed by atoms with Gasteiger partial charge in [-0.2, -0.15) is 0 Å². The highest BCUT2D eigenvalue weighted by molar-refractivity contribution is 5.81. The standard InChI is InChI=1S/C14H23NO3/c1-13(2,9-16)15-12(17)11-8-10-4-6-14(11,18-3)7-5-10/h4,6,10-11,16H,5,7-9H2,1-3H3,(H,15,17)/t10-,11?,14-/m0/s1. The number of aliphatic hydroxyl groups is 1. The Balaban J connectivity index is 2.14. The van der Waals surface area contributed by atoms with Crippen LogP contribution in [0.3, 0.4) is 0 Å². The lowest BCUT2D eigenvalue weighted by atomic mass is 9.65. The van der Waals surface area contributed by atoms with Gasteiger partial charge >= 0.3 is 0 Å². The molecule has 2 bridgehead atoms. The van der Waals surface area contributed by atoms with Crippen LogP contribution in [-0.2, 0) is 9.53 Å². The van der Waals surface area contributed by atoms with E-state index in [1.165, 1.54) is 0 Å². The monoisotopic (exact) mass is 253 g/mol. The van der Waals surface area contributed by atoms with Gasteiger partial charge in [0.15, 0.2) is 0 Å². The molecule has 3 aliphatic carbocycles. The van der Waals surface area contributed by atoms with Crippen molar-refractivity contribution >= 4 is 5.91 Å². The summed E-state index contributed by atoms with van der Waals surface area (Å²) in [4.78, 5) is 12.4. The molecule has 1 amide bonds. The van der Waals surface area contributed by atoms with Crippen LogP contribution in [0.2, 0.25) is 0 Å². The molecule has 3 aliphatic rings. The summed E-state index contributed by atoms with van der Waals surface area (Å²) in [6.07, 6.45) is 7.08. The van der Waals surface area contributed by atoms with E-state index in [1.54, 1.807) is 7.11 Å². The highest BCUT2D eigenvalue weighted by Gasteiger charge is 2.49. The van der Waals surface area contributed by atoms with E-state index >= 15 is 0 Å². The Morgan fingerprint density at radius 1 is 1.61 bits per heavy atom. The molecule has 2 N–H and O–H groups in total. The summed E-state index contributed by atoms with van der Waals surface area (Å²) in [5.41, 5.74) is -1.02. The third kappa shape index (κ3) is 2.31. The fraction of sp³-hybridized carbons (Fsp3) is 0.786. The van der Waals surface area contributed by atoms with E-state index in [4.69, 9.17) is 4.74 Å². The van der Waals surface area contributed by atoms with Gasteiger partial charge in [0.05, 0.1) is 23.7 Å². The second-order valence-corrected chi connectivity index (χ2v) is 6.14. The van der Waals surface area contributed by atoms with Gasteiger partial charge in [-0.3, -0.25) is 4.79 Å². The molecule has 1 fully saturated rings. The van der Waals surface area contributed by atoms with Crippen LogP contribution >= 0.6 is 0 Å². The Morgan fingerprint density at radius 3 is 2.83 bits per heavy atom. The van der Waals surface area contributed by atoms with Crippen LogP contribution in [0.4, 0.5) is 0 Å². The van der Waals surface area contributed by atoms with E-state index in [0.717, 1.165) is 19.3 Å². The van der Waals surface area contributed by atoms with Gasteiger partial charge in [-0.15, -0.1) is 0 Å². The number of nitrogens with one attached hydrogen (secondary N) is 1. The summed E-state index contributed by atoms with van der Waals surface area (Å²) in [5.74, 6) is 0.344. The van der Waals surface area contributed by atoms with Gasteiger partial charge in [-0.05, 0) is 39.0 Å². The van der Waals surface area contributed by atoms with E-state index in [2.05, 4.69) is 17.5 Å². The molecule has 0 heterocycles. The number of fused-ring (bicyclic) bond motifs is 2. The number of hydrogen-bond acceptors (Lipinski definition) is 3. The molecule has 4 heteroatoms. The van der Waals surface area contributed by atoms with Crippen molar-refractivity contribution in [1.29, 1.82) is 0 Å². The number of amides is 1. The van der Waals surface area contributed by atoms with Crippen LogP contribution in [0, 0.1) is 11.8 Å². The van der Waals surface area contributed by atoms with Gasteiger partial charge in [-0.1, -0.05) is 12.2 Å². The van der Waals surface area contributed by atoms with Gasteiger partial charge in [0, 0.05) is 7.11 Å². The van der Waals surface area contributed by atoms with Crippen molar-refractivity contribution in [3.63, 3.8) is 0 Å². The zero-order valence-electron chi connectivity index (χ0n) is 11.4. The number of carbonyl (C=O) groups is 1. The minimum Gasteiger partial charge on any atom is -0.394 e.